The fourth-order valence-corrected chi connectivity index (χ4v) is 3.52. The Morgan fingerprint density at radius 1 is 1.16 bits per heavy atom. The molecule has 3 rings (SSSR count). The van der Waals surface area contributed by atoms with Gasteiger partial charge in [-0.2, -0.15) is 0 Å². The zero-order valence-corrected chi connectivity index (χ0v) is 15.1. The van der Waals surface area contributed by atoms with Gasteiger partial charge in [0.1, 0.15) is 11.5 Å². The third-order valence-corrected chi connectivity index (χ3v) is 5.00. The number of benzene rings is 2. The Balaban J connectivity index is 1.94. The number of aliphatic imine (C=N–C) groups is 1. The van der Waals surface area contributed by atoms with Crippen LogP contribution >= 0.6 is 35.0 Å². The van der Waals surface area contributed by atoms with Crippen molar-refractivity contribution in [3.05, 3.63) is 68.5 Å². The first-order valence-corrected chi connectivity index (χ1v) is 8.59. The summed E-state index contributed by atoms with van der Waals surface area (Å²) in [7, 11) is 1.53. The lowest BCUT2D eigenvalue weighted by Crippen LogP contribution is -2.23. The molecule has 3 nitrogen and oxygen atoms in total. The van der Waals surface area contributed by atoms with Gasteiger partial charge in [-0.15, -0.1) is 0 Å². The minimum Gasteiger partial charge on any atom is -0.290 e. The highest BCUT2D eigenvalue weighted by molar-refractivity contribution is 8.18. The molecule has 0 N–H and O–H groups in total. The van der Waals surface area contributed by atoms with E-state index in [4.69, 9.17) is 23.2 Å². The number of amides is 1. The van der Waals surface area contributed by atoms with E-state index in [1.54, 1.807) is 24.3 Å². The lowest BCUT2D eigenvalue weighted by Gasteiger charge is -2.07. The molecule has 0 spiro atoms. The number of amidine groups is 1. The number of carbonyl (C=O) groups excluding carboxylic acids is 1. The highest BCUT2D eigenvalue weighted by atomic mass is 35.5. The molecule has 1 aliphatic rings. The van der Waals surface area contributed by atoms with Gasteiger partial charge in [-0.1, -0.05) is 29.3 Å². The average molecular weight is 399 g/mol. The van der Waals surface area contributed by atoms with Gasteiger partial charge in [-0.3, -0.25) is 9.69 Å². The summed E-state index contributed by atoms with van der Waals surface area (Å²) < 4.78 is 26.7. The predicted octanol–water partition coefficient (Wildman–Crippen LogP) is 5.51. The molecule has 1 aliphatic heterocycles. The molecule has 1 fully saturated rings. The van der Waals surface area contributed by atoms with E-state index in [9.17, 15) is 13.6 Å². The summed E-state index contributed by atoms with van der Waals surface area (Å²) in [5.74, 6) is -1.78. The first-order chi connectivity index (χ1) is 11.8. The first-order valence-electron chi connectivity index (χ1n) is 7.01. The van der Waals surface area contributed by atoms with E-state index in [1.165, 1.54) is 18.0 Å². The topological polar surface area (TPSA) is 32.7 Å². The average Bonchev–Trinajstić information content (AvgIpc) is 2.81. The van der Waals surface area contributed by atoms with Gasteiger partial charge < -0.3 is 0 Å². The van der Waals surface area contributed by atoms with E-state index < -0.39 is 11.6 Å². The minimum absolute atomic E-state index is 0.0469. The zero-order chi connectivity index (χ0) is 18.1. The van der Waals surface area contributed by atoms with Gasteiger partial charge in [0, 0.05) is 23.2 Å². The van der Waals surface area contributed by atoms with Crippen LogP contribution in [0.1, 0.15) is 5.56 Å². The molecule has 0 saturated carbocycles. The number of nitrogens with zero attached hydrogens (tertiary/aromatic N) is 2. The van der Waals surface area contributed by atoms with Crippen molar-refractivity contribution in [1.29, 1.82) is 0 Å². The van der Waals surface area contributed by atoms with Crippen LogP contribution in [0.5, 0.6) is 0 Å². The number of halogens is 4. The molecule has 25 heavy (non-hydrogen) atoms. The molecule has 1 amide bonds. The summed E-state index contributed by atoms with van der Waals surface area (Å²) in [5, 5.41) is 1.18. The predicted molar refractivity (Wildman–Crippen MR) is 98.3 cm³/mol. The van der Waals surface area contributed by atoms with Crippen LogP contribution in [0.2, 0.25) is 10.0 Å². The molecule has 0 aliphatic carbocycles. The number of likely N-dealkylation sites (N-methyl/N-ethyl adjacent to an activating group) is 1. The number of hydrogen-bond donors (Lipinski definition) is 0. The van der Waals surface area contributed by atoms with Crippen molar-refractivity contribution in [2.24, 2.45) is 4.99 Å². The summed E-state index contributed by atoms with van der Waals surface area (Å²) in [6, 6.07) is 8.00. The lowest BCUT2D eigenvalue weighted by atomic mass is 10.2. The Hall–Kier alpha value is -1.89. The van der Waals surface area contributed by atoms with E-state index >= 15 is 0 Å². The van der Waals surface area contributed by atoms with Gasteiger partial charge in [0.2, 0.25) is 0 Å². The second-order valence-electron chi connectivity index (χ2n) is 5.13. The van der Waals surface area contributed by atoms with Gasteiger partial charge in [0.15, 0.2) is 11.0 Å². The molecule has 0 atom stereocenters. The van der Waals surface area contributed by atoms with Gasteiger partial charge in [-0.05, 0) is 47.7 Å². The Labute approximate surface area is 156 Å². The lowest BCUT2D eigenvalue weighted by molar-refractivity contribution is -0.121. The molecule has 0 unspecified atom stereocenters. The third-order valence-electron chi connectivity index (χ3n) is 3.38. The molecule has 1 heterocycles. The van der Waals surface area contributed by atoms with Crippen LogP contribution in [0, 0.1) is 11.6 Å². The first kappa shape index (κ1) is 17.9. The highest BCUT2D eigenvalue weighted by Gasteiger charge is 2.30. The fraction of sp³-hybridized carbons (Fsp3) is 0.0588. The van der Waals surface area contributed by atoms with Gasteiger partial charge >= 0.3 is 0 Å². The Morgan fingerprint density at radius 3 is 2.60 bits per heavy atom. The molecule has 0 aromatic heterocycles. The summed E-state index contributed by atoms with van der Waals surface area (Å²) in [5.41, 5.74) is 0.582. The number of thioether (sulfide) groups is 1. The zero-order valence-electron chi connectivity index (χ0n) is 12.8. The Morgan fingerprint density at radius 2 is 1.92 bits per heavy atom. The van der Waals surface area contributed by atoms with Crippen LogP contribution in [0.3, 0.4) is 0 Å². The maximum absolute atomic E-state index is 13.8. The van der Waals surface area contributed by atoms with Crippen molar-refractivity contribution in [2.75, 3.05) is 7.05 Å². The summed E-state index contributed by atoms with van der Waals surface area (Å²) in [6.45, 7) is 0. The highest BCUT2D eigenvalue weighted by Crippen LogP contribution is 2.35. The normalized spacial score (nSPS) is 17.8. The summed E-state index contributed by atoms with van der Waals surface area (Å²) in [6.07, 6.45) is 1.62. The molecule has 1 saturated heterocycles. The molecule has 128 valence electrons. The van der Waals surface area contributed by atoms with E-state index in [0.29, 0.717) is 20.5 Å². The van der Waals surface area contributed by atoms with Crippen molar-refractivity contribution < 1.29 is 13.6 Å². The van der Waals surface area contributed by atoms with E-state index in [1.807, 2.05) is 0 Å². The van der Waals surface area contributed by atoms with Crippen LogP contribution < -0.4 is 0 Å². The van der Waals surface area contributed by atoms with Crippen LogP contribution in [0.15, 0.2) is 46.3 Å². The van der Waals surface area contributed by atoms with Crippen molar-refractivity contribution >= 4 is 57.8 Å². The third kappa shape index (κ3) is 3.86. The van der Waals surface area contributed by atoms with E-state index in [0.717, 1.165) is 23.9 Å². The maximum atomic E-state index is 13.8. The van der Waals surface area contributed by atoms with E-state index in [2.05, 4.69) is 4.99 Å². The standard InChI is InChI=1S/C17H10Cl2F2N2OS/c1-23-16(24)15(6-9-2-3-10(18)7-12(9)19)25-17(23)22-14-5-4-11(20)8-13(14)21/h2-8H,1H3/b15-6+,22-17?. The van der Waals surface area contributed by atoms with Crippen molar-refractivity contribution in [3.63, 3.8) is 0 Å². The molecule has 0 radical (unpaired) electrons. The fourth-order valence-electron chi connectivity index (χ4n) is 2.09. The number of rotatable bonds is 2. The largest absolute Gasteiger partial charge is 0.290 e. The van der Waals surface area contributed by atoms with Crippen molar-refractivity contribution in [2.45, 2.75) is 0 Å². The summed E-state index contributed by atoms with van der Waals surface area (Å²) in [4.78, 5) is 18.1. The SMILES string of the molecule is CN1C(=O)/C(=C\c2ccc(Cl)cc2Cl)SC1=Nc1ccc(F)cc1F. The van der Waals surface area contributed by atoms with Crippen molar-refractivity contribution in [1.82, 2.24) is 4.90 Å². The Bertz CT molecular complexity index is 931. The molecular formula is C17H10Cl2F2N2OS. The Kier molecular flexibility index (Phi) is 5.13. The number of carbonyl (C=O) groups is 1. The monoisotopic (exact) mass is 398 g/mol. The molecular weight excluding hydrogens is 389 g/mol. The van der Waals surface area contributed by atoms with Gasteiger partial charge in [0.05, 0.1) is 4.91 Å². The van der Waals surface area contributed by atoms with Gasteiger partial charge in [0.25, 0.3) is 5.91 Å². The van der Waals surface area contributed by atoms with Gasteiger partial charge in [-0.25, -0.2) is 13.8 Å². The van der Waals surface area contributed by atoms with E-state index in [-0.39, 0.29) is 16.8 Å². The summed E-state index contributed by atoms with van der Waals surface area (Å²) >= 11 is 13.1. The smallest absolute Gasteiger partial charge is 0.266 e. The minimum atomic E-state index is -0.799. The van der Waals surface area contributed by atoms with Crippen LogP contribution in [-0.4, -0.2) is 23.0 Å². The number of hydrogen-bond acceptors (Lipinski definition) is 3. The molecule has 8 heteroatoms. The van der Waals surface area contributed by atoms with Crippen LogP contribution in [0.4, 0.5) is 14.5 Å². The molecule has 2 aromatic carbocycles. The molecule has 0 bridgehead atoms. The second-order valence-corrected chi connectivity index (χ2v) is 6.98. The van der Waals surface area contributed by atoms with Crippen molar-refractivity contribution in [3.8, 4) is 0 Å². The molecule has 2 aromatic rings. The van der Waals surface area contributed by atoms with Crippen LogP contribution in [0.25, 0.3) is 6.08 Å². The second kappa shape index (κ2) is 7.15. The maximum Gasteiger partial charge on any atom is 0.266 e. The quantitative estimate of drug-likeness (QED) is 0.625. The van der Waals surface area contributed by atoms with Crippen LogP contribution in [-0.2, 0) is 4.79 Å².